The van der Waals surface area contributed by atoms with Crippen molar-refractivity contribution in [1.29, 1.82) is 0 Å². The fourth-order valence-corrected chi connectivity index (χ4v) is 3.29. The molecular formula is C10H17BrN2O2S2. The molecule has 0 bridgehead atoms. The standard InChI is InChI=1S/C10H17BrN2O2S2/c1-8(9-4-5-10(11)16-9)12-6-3-7-13-17(2,14)15/h4-5,8,12-13H,3,6-7H2,1-2H3/t8-/m1/s1. The van der Waals surface area contributed by atoms with Gasteiger partial charge >= 0.3 is 0 Å². The summed E-state index contributed by atoms with van der Waals surface area (Å²) in [5.41, 5.74) is 0. The van der Waals surface area contributed by atoms with Crippen molar-refractivity contribution in [3.63, 3.8) is 0 Å². The molecule has 17 heavy (non-hydrogen) atoms. The van der Waals surface area contributed by atoms with Gasteiger partial charge in [-0.1, -0.05) is 0 Å². The molecule has 0 aliphatic heterocycles. The average Bonchev–Trinajstić information content (AvgIpc) is 2.62. The van der Waals surface area contributed by atoms with Crippen molar-refractivity contribution in [2.75, 3.05) is 19.3 Å². The van der Waals surface area contributed by atoms with E-state index in [9.17, 15) is 8.42 Å². The molecule has 0 saturated carbocycles. The minimum absolute atomic E-state index is 0.296. The highest BCUT2D eigenvalue weighted by Gasteiger charge is 2.07. The molecule has 0 amide bonds. The Morgan fingerprint density at radius 3 is 2.65 bits per heavy atom. The minimum Gasteiger partial charge on any atom is -0.309 e. The van der Waals surface area contributed by atoms with Crippen molar-refractivity contribution in [3.05, 3.63) is 20.8 Å². The van der Waals surface area contributed by atoms with Crippen LogP contribution in [0.2, 0.25) is 0 Å². The number of nitrogens with one attached hydrogen (secondary N) is 2. The van der Waals surface area contributed by atoms with Crippen LogP contribution in [0.15, 0.2) is 15.9 Å². The summed E-state index contributed by atoms with van der Waals surface area (Å²) in [6, 6.07) is 4.41. The number of thiophene rings is 1. The van der Waals surface area contributed by atoms with Gasteiger partial charge in [0.15, 0.2) is 0 Å². The van der Waals surface area contributed by atoms with Crippen molar-refractivity contribution in [2.45, 2.75) is 19.4 Å². The molecule has 1 atom stereocenters. The van der Waals surface area contributed by atoms with E-state index in [1.807, 2.05) is 6.07 Å². The molecule has 0 spiro atoms. The van der Waals surface area contributed by atoms with E-state index in [4.69, 9.17) is 0 Å². The maximum absolute atomic E-state index is 10.8. The predicted molar refractivity (Wildman–Crippen MR) is 75.9 cm³/mol. The van der Waals surface area contributed by atoms with E-state index in [1.165, 1.54) is 11.1 Å². The molecule has 1 rings (SSSR count). The molecule has 4 nitrogen and oxygen atoms in total. The van der Waals surface area contributed by atoms with Crippen LogP contribution in [-0.4, -0.2) is 27.8 Å². The largest absolute Gasteiger partial charge is 0.309 e. The van der Waals surface area contributed by atoms with Gasteiger partial charge in [0.25, 0.3) is 0 Å². The van der Waals surface area contributed by atoms with E-state index in [-0.39, 0.29) is 0 Å². The second-order valence-electron chi connectivity index (χ2n) is 3.84. The summed E-state index contributed by atoms with van der Waals surface area (Å²) in [5, 5.41) is 3.35. The van der Waals surface area contributed by atoms with Crippen molar-refractivity contribution < 1.29 is 8.42 Å². The van der Waals surface area contributed by atoms with Crippen molar-refractivity contribution >= 4 is 37.3 Å². The van der Waals surface area contributed by atoms with Gasteiger partial charge in [-0.05, 0) is 48.0 Å². The van der Waals surface area contributed by atoms with E-state index in [1.54, 1.807) is 11.3 Å². The second kappa shape index (κ2) is 6.84. The van der Waals surface area contributed by atoms with E-state index in [2.05, 4.69) is 39.0 Å². The fourth-order valence-electron chi connectivity index (χ4n) is 1.33. The third-order valence-corrected chi connectivity index (χ3v) is 4.72. The zero-order valence-corrected chi connectivity index (χ0v) is 13.1. The van der Waals surface area contributed by atoms with Crippen LogP contribution in [0.3, 0.4) is 0 Å². The number of rotatable bonds is 7. The van der Waals surface area contributed by atoms with E-state index in [0.29, 0.717) is 12.6 Å². The number of sulfonamides is 1. The van der Waals surface area contributed by atoms with E-state index >= 15 is 0 Å². The quantitative estimate of drug-likeness (QED) is 0.747. The summed E-state index contributed by atoms with van der Waals surface area (Å²) in [5.74, 6) is 0. The first kappa shape index (κ1) is 15.1. The summed E-state index contributed by atoms with van der Waals surface area (Å²) in [6.45, 7) is 3.37. The van der Waals surface area contributed by atoms with Crippen LogP contribution in [0.1, 0.15) is 24.3 Å². The zero-order chi connectivity index (χ0) is 12.9. The minimum atomic E-state index is -3.06. The van der Waals surface area contributed by atoms with E-state index < -0.39 is 10.0 Å². The Bertz CT molecular complexity index is 445. The van der Waals surface area contributed by atoms with Gasteiger partial charge < -0.3 is 5.32 Å². The number of hydrogen-bond donors (Lipinski definition) is 2. The number of hydrogen-bond acceptors (Lipinski definition) is 4. The highest BCUT2D eigenvalue weighted by Crippen LogP contribution is 2.26. The lowest BCUT2D eigenvalue weighted by Crippen LogP contribution is -2.27. The monoisotopic (exact) mass is 340 g/mol. The van der Waals surface area contributed by atoms with Crippen LogP contribution in [0, 0.1) is 0 Å². The van der Waals surface area contributed by atoms with Gasteiger partial charge in [-0.3, -0.25) is 0 Å². The third kappa shape index (κ3) is 6.52. The smallest absolute Gasteiger partial charge is 0.208 e. The molecule has 0 radical (unpaired) electrons. The Balaban J connectivity index is 2.19. The Kier molecular flexibility index (Phi) is 6.08. The SMILES string of the molecule is C[C@@H](NCCCNS(C)(=O)=O)c1ccc(Br)s1. The van der Waals surface area contributed by atoms with Crippen LogP contribution < -0.4 is 10.0 Å². The molecule has 1 heterocycles. The third-order valence-electron chi connectivity index (χ3n) is 2.19. The zero-order valence-electron chi connectivity index (χ0n) is 9.86. The average molecular weight is 341 g/mol. The van der Waals surface area contributed by atoms with Crippen molar-refractivity contribution in [3.8, 4) is 0 Å². The lowest BCUT2D eigenvalue weighted by atomic mass is 10.2. The molecule has 0 aliphatic rings. The van der Waals surface area contributed by atoms with Crippen LogP contribution in [0.25, 0.3) is 0 Å². The maximum atomic E-state index is 10.8. The van der Waals surface area contributed by atoms with Gasteiger partial charge in [0.1, 0.15) is 0 Å². The fraction of sp³-hybridized carbons (Fsp3) is 0.600. The molecule has 0 aromatic carbocycles. The maximum Gasteiger partial charge on any atom is 0.208 e. The first-order valence-corrected chi connectivity index (χ1v) is 8.82. The van der Waals surface area contributed by atoms with Crippen molar-refractivity contribution in [1.82, 2.24) is 10.0 Å². The van der Waals surface area contributed by atoms with Crippen LogP contribution in [-0.2, 0) is 10.0 Å². The van der Waals surface area contributed by atoms with Crippen LogP contribution in [0.5, 0.6) is 0 Å². The lowest BCUT2D eigenvalue weighted by Gasteiger charge is -2.11. The second-order valence-corrected chi connectivity index (χ2v) is 8.17. The summed E-state index contributed by atoms with van der Waals surface area (Å²) in [7, 11) is -3.06. The summed E-state index contributed by atoms with van der Waals surface area (Å²) in [4.78, 5) is 1.27. The lowest BCUT2D eigenvalue weighted by molar-refractivity contribution is 0.553. The Labute approximate surface area is 115 Å². The van der Waals surface area contributed by atoms with Gasteiger partial charge in [0.05, 0.1) is 10.0 Å². The molecule has 0 saturated heterocycles. The molecule has 0 fully saturated rings. The Morgan fingerprint density at radius 1 is 1.41 bits per heavy atom. The molecule has 1 aromatic rings. The molecule has 1 aromatic heterocycles. The summed E-state index contributed by atoms with van der Waals surface area (Å²) in [6.07, 6.45) is 1.95. The molecule has 2 N–H and O–H groups in total. The van der Waals surface area contributed by atoms with Gasteiger partial charge in [0.2, 0.25) is 10.0 Å². The van der Waals surface area contributed by atoms with Crippen LogP contribution >= 0.6 is 27.3 Å². The molecule has 0 aliphatic carbocycles. The van der Waals surface area contributed by atoms with Gasteiger partial charge in [-0.2, -0.15) is 0 Å². The van der Waals surface area contributed by atoms with E-state index in [0.717, 1.165) is 16.8 Å². The molecular weight excluding hydrogens is 324 g/mol. The highest BCUT2D eigenvalue weighted by molar-refractivity contribution is 9.11. The first-order valence-electron chi connectivity index (χ1n) is 5.32. The first-order chi connectivity index (χ1) is 7.88. The molecule has 0 unspecified atom stereocenters. The topological polar surface area (TPSA) is 58.2 Å². The van der Waals surface area contributed by atoms with Crippen molar-refractivity contribution in [2.24, 2.45) is 0 Å². The van der Waals surface area contributed by atoms with Crippen LogP contribution in [0.4, 0.5) is 0 Å². The van der Waals surface area contributed by atoms with Gasteiger partial charge in [-0.25, -0.2) is 13.1 Å². The number of halogens is 1. The Hall–Kier alpha value is 0.0500. The molecule has 7 heteroatoms. The Morgan fingerprint density at radius 2 is 2.12 bits per heavy atom. The molecule has 98 valence electrons. The normalized spacial score (nSPS) is 13.8. The summed E-state index contributed by atoms with van der Waals surface area (Å²) >= 11 is 5.14. The highest BCUT2D eigenvalue weighted by atomic mass is 79.9. The van der Waals surface area contributed by atoms with Gasteiger partial charge in [-0.15, -0.1) is 11.3 Å². The van der Waals surface area contributed by atoms with Gasteiger partial charge in [0, 0.05) is 17.5 Å². The predicted octanol–water partition coefficient (Wildman–Crippen LogP) is 2.10. The summed E-state index contributed by atoms with van der Waals surface area (Å²) < 4.78 is 25.2.